The Balaban J connectivity index is 2.11. The number of esters is 1. The lowest BCUT2D eigenvalue weighted by Gasteiger charge is -2.43. The predicted molar refractivity (Wildman–Crippen MR) is 97.1 cm³/mol. The van der Waals surface area contributed by atoms with Crippen LogP contribution in [0.15, 0.2) is 24.3 Å². The number of aryl methyl sites for hydroxylation is 1. The van der Waals surface area contributed by atoms with Crippen molar-refractivity contribution in [2.45, 2.75) is 65.1 Å². The number of carbonyl (C=O) groups is 1. The summed E-state index contributed by atoms with van der Waals surface area (Å²) in [5, 5.41) is 5.06. The monoisotopic (exact) mass is 328 g/mol. The summed E-state index contributed by atoms with van der Waals surface area (Å²) in [5.41, 5.74) is 3.83. The molecule has 1 N–H and O–H groups in total. The van der Waals surface area contributed by atoms with Gasteiger partial charge in [0.25, 0.3) is 0 Å². The molecule has 0 bridgehead atoms. The summed E-state index contributed by atoms with van der Waals surface area (Å²) in [6, 6.07) is 8.51. The van der Waals surface area contributed by atoms with Crippen molar-refractivity contribution in [1.82, 2.24) is 9.88 Å². The standard InChI is InChI=1S/C20H28N2O2/c1-6-24-17(23)11-12-22-15-10-8-7-9-14(15)18-16(22)13-19(2,3)21-20(18,4)5/h7-10,21H,6,11-13H2,1-5H3. The number of hydrogen-bond acceptors (Lipinski definition) is 3. The van der Waals surface area contributed by atoms with Gasteiger partial charge in [-0.3, -0.25) is 4.79 Å². The topological polar surface area (TPSA) is 43.3 Å². The van der Waals surface area contributed by atoms with E-state index in [4.69, 9.17) is 4.74 Å². The SMILES string of the molecule is CCOC(=O)CCn1c2c(c3ccccc31)C(C)(C)NC(C)(C)C2. The Labute approximate surface area is 144 Å². The molecule has 2 heterocycles. The molecule has 0 aliphatic carbocycles. The fraction of sp³-hybridized carbons (Fsp3) is 0.550. The van der Waals surface area contributed by atoms with Gasteiger partial charge in [0.1, 0.15) is 0 Å². The average molecular weight is 328 g/mol. The van der Waals surface area contributed by atoms with Gasteiger partial charge in [-0.05, 0) is 40.7 Å². The Morgan fingerprint density at radius 2 is 1.96 bits per heavy atom. The van der Waals surface area contributed by atoms with E-state index in [0.29, 0.717) is 19.6 Å². The first-order valence-corrected chi connectivity index (χ1v) is 8.81. The number of aromatic nitrogens is 1. The van der Waals surface area contributed by atoms with Gasteiger partial charge in [-0.2, -0.15) is 0 Å². The van der Waals surface area contributed by atoms with Gasteiger partial charge in [0, 0.05) is 46.2 Å². The minimum absolute atomic E-state index is 0.0204. The molecule has 4 nitrogen and oxygen atoms in total. The van der Waals surface area contributed by atoms with Crippen molar-refractivity contribution >= 4 is 16.9 Å². The molecule has 1 aliphatic heterocycles. The quantitative estimate of drug-likeness (QED) is 0.869. The molecule has 0 saturated carbocycles. The van der Waals surface area contributed by atoms with Gasteiger partial charge in [0.15, 0.2) is 0 Å². The zero-order chi connectivity index (χ0) is 17.5. The molecule has 0 saturated heterocycles. The lowest BCUT2D eigenvalue weighted by atomic mass is 9.80. The third-order valence-corrected chi connectivity index (χ3v) is 4.81. The summed E-state index contributed by atoms with van der Waals surface area (Å²) in [5.74, 6) is -0.128. The van der Waals surface area contributed by atoms with E-state index in [-0.39, 0.29) is 17.0 Å². The van der Waals surface area contributed by atoms with Crippen LogP contribution in [-0.4, -0.2) is 22.7 Å². The number of carbonyl (C=O) groups excluding carboxylic acids is 1. The molecule has 0 amide bonds. The number of fused-ring (bicyclic) bond motifs is 3. The van der Waals surface area contributed by atoms with Crippen molar-refractivity contribution in [1.29, 1.82) is 0 Å². The van der Waals surface area contributed by atoms with E-state index >= 15 is 0 Å². The fourth-order valence-electron chi connectivity index (χ4n) is 4.30. The summed E-state index contributed by atoms with van der Waals surface area (Å²) < 4.78 is 7.44. The van der Waals surface area contributed by atoms with Crippen LogP contribution >= 0.6 is 0 Å². The van der Waals surface area contributed by atoms with Crippen LogP contribution in [0.4, 0.5) is 0 Å². The van der Waals surface area contributed by atoms with Crippen molar-refractivity contribution in [2.24, 2.45) is 0 Å². The second-order valence-corrected chi connectivity index (χ2v) is 7.86. The van der Waals surface area contributed by atoms with Crippen LogP contribution in [0.3, 0.4) is 0 Å². The summed E-state index contributed by atoms with van der Waals surface area (Å²) in [6.45, 7) is 11.9. The molecule has 24 heavy (non-hydrogen) atoms. The Hall–Kier alpha value is -1.81. The first kappa shape index (κ1) is 17.0. The van der Waals surface area contributed by atoms with Crippen LogP contribution < -0.4 is 5.32 Å². The fourth-order valence-corrected chi connectivity index (χ4v) is 4.30. The first-order chi connectivity index (χ1) is 11.2. The van der Waals surface area contributed by atoms with Gasteiger partial charge in [-0.1, -0.05) is 18.2 Å². The maximum atomic E-state index is 11.8. The molecule has 4 heteroatoms. The maximum absolute atomic E-state index is 11.8. The van der Waals surface area contributed by atoms with E-state index < -0.39 is 0 Å². The van der Waals surface area contributed by atoms with Gasteiger partial charge in [0.05, 0.1) is 13.0 Å². The third kappa shape index (κ3) is 2.95. The van der Waals surface area contributed by atoms with E-state index in [1.54, 1.807) is 0 Å². The van der Waals surface area contributed by atoms with E-state index in [2.05, 4.69) is 61.8 Å². The van der Waals surface area contributed by atoms with Crippen LogP contribution in [0.1, 0.15) is 52.3 Å². The molecule has 1 aromatic carbocycles. The normalized spacial score (nSPS) is 18.4. The zero-order valence-corrected chi connectivity index (χ0v) is 15.4. The smallest absolute Gasteiger partial charge is 0.307 e. The molecule has 0 unspecified atom stereocenters. The minimum Gasteiger partial charge on any atom is -0.466 e. The van der Waals surface area contributed by atoms with Gasteiger partial charge in [-0.25, -0.2) is 0 Å². The van der Waals surface area contributed by atoms with Gasteiger partial charge >= 0.3 is 5.97 Å². The summed E-state index contributed by atoms with van der Waals surface area (Å²) in [7, 11) is 0. The summed E-state index contributed by atoms with van der Waals surface area (Å²) in [6.07, 6.45) is 1.36. The lowest BCUT2D eigenvalue weighted by molar-refractivity contribution is -0.143. The number of hydrogen-bond donors (Lipinski definition) is 1. The van der Waals surface area contributed by atoms with Crippen molar-refractivity contribution in [3.8, 4) is 0 Å². The van der Waals surface area contributed by atoms with Crippen LogP contribution in [-0.2, 0) is 28.0 Å². The van der Waals surface area contributed by atoms with Crippen LogP contribution in [0.25, 0.3) is 10.9 Å². The molecule has 3 rings (SSSR count). The molecule has 0 spiro atoms. The number of nitrogens with one attached hydrogen (secondary N) is 1. The number of benzene rings is 1. The number of rotatable bonds is 4. The van der Waals surface area contributed by atoms with Crippen LogP contribution in [0.5, 0.6) is 0 Å². The minimum atomic E-state index is -0.128. The molecule has 2 aromatic rings. The highest BCUT2D eigenvalue weighted by Gasteiger charge is 2.40. The van der Waals surface area contributed by atoms with Crippen LogP contribution in [0.2, 0.25) is 0 Å². The van der Waals surface area contributed by atoms with Crippen molar-refractivity contribution < 1.29 is 9.53 Å². The average Bonchev–Trinajstić information content (AvgIpc) is 2.77. The number of para-hydroxylation sites is 1. The highest BCUT2D eigenvalue weighted by Crippen LogP contribution is 2.40. The molecule has 0 atom stereocenters. The second-order valence-electron chi connectivity index (χ2n) is 7.86. The molecular weight excluding hydrogens is 300 g/mol. The second kappa shape index (κ2) is 5.92. The Kier molecular flexibility index (Phi) is 4.20. The van der Waals surface area contributed by atoms with Crippen LogP contribution in [0, 0.1) is 0 Å². The van der Waals surface area contributed by atoms with Crippen molar-refractivity contribution in [3.63, 3.8) is 0 Å². The highest BCUT2D eigenvalue weighted by molar-refractivity contribution is 5.87. The molecule has 1 aliphatic rings. The Morgan fingerprint density at radius 1 is 1.25 bits per heavy atom. The molecule has 0 radical (unpaired) electrons. The van der Waals surface area contributed by atoms with E-state index in [1.807, 2.05) is 6.92 Å². The highest BCUT2D eigenvalue weighted by atomic mass is 16.5. The summed E-state index contributed by atoms with van der Waals surface area (Å²) >= 11 is 0. The predicted octanol–water partition coefficient (Wildman–Crippen LogP) is 3.75. The first-order valence-electron chi connectivity index (χ1n) is 8.81. The van der Waals surface area contributed by atoms with E-state index in [0.717, 1.165) is 6.42 Å². The van der Waals surface area contributed by atoms with Gasteiger partial charge in [0.2, 0.25) is 0 Å². The van der Waals surface area contributed by atoms with Gasteiger partial charge in [-0.15, -0.1) is 0 Å². The number of ether oxygens (including phenoxy) is 1. The van der Waals surface area contributed by atoms with Crippen molar-refractivity contribution in [3.05, 3.63) is 35.5 Å². The van der Waals surface area contributed by atoms with E-state index in [9.17, 15) is 4.79 Å². The zero-order valence-electron chi connectivity index (χ0n) is 15.4. The Morgan fingerprint density at radius 3 is 2.67 bits per heavy atom. The molecule has 130 valence electrons. The molecular formula is C20H28N2O2. The molecule has 1 aromatic heterocycles. The van der Waals surface area contributed by atoms with Gasteiger partial charge < -0.3 is 14.6 Å². The number of nitrogens with zero attached hydrogens (tertiary/aromatic N) is 1. The third-order valence-electron chi connectivity index (χ3n) is 4.81. The molecule has 0 fully saturated rings. The van der Waals surface area contributed by atoms with E-state index in [1.165, 1.54) is 22.2 Å². The van der Waals surface area contributed by atoms with Crippen molar-refractivity contribution in [2.75, 3.05) is 6.61 Å². The maximum Gasteiger partial charge on any atom is 0.307 e. The largest absolute Gasteiger partial charge is 0.466 e. The lowest BCUT2D eigenvalue weighted by Crippen LogP contribution is -2.55. The Bertz CT molecular complexity index is 771. The summed E-state index contributed by atoms with van der Waals surface area (Å²) in [4.78, 5) is 11.8.